The molecule has 98 valence electrons. The molecular weight excluding hydrogens is 248 g/mol. The first-order valence-electron chi connectivity index (χ1n) is 6.32. The second-order valence-electron chi connectivity index (χ2n) is 4.83. The molecule has 0 aromatic carbocycles. The Kier molecular flexibility index (Phi) is 4.19. The minimum atomic E-state index is 0. The van der Waals surface area contributed by atoms with Crippen LogP contribution in [-0.2, 0) is 6.54 Å². The predicted molar refractivity (Wildman–Crippen MR) is 75.1 cm³/mol. The molecule has 1 saturated heterocycles. The van der Waals surface area contributed by atoms with Gasteiger partial charge in [-0.25, -0.2) is 4.98 Å². The lowest BCUT2D eigenvalue weighted by Crippen LogP contribution is -2.30. The van der Waals surface area contributed by atoms with E-state index >= 15 is 0 Å². The van der Waals surface area contributed by atoms with Crippen LogP contribution in [0.15, 0.2) is 18.5 Å². The molecule has 3 heterocycles. The molecule has 3 rings (SSSR count). The van der Waals surface area contributed by atoms with Gasteiger partial charge in [-0.2, -0.15) is 0 Å². The van der Waals surface area contributed by atoms with E-state index in [1.54, 1.807) is 0 Å². The number of piperidine rings is 1. The van der Waals surface area contributed by atoms with E-state index in [4.69, 9.17) is 0 Å². The fourth-order valence-electron chi connectivity index (χ4n) is 2.66. The van der Waals surface area contributed by atoms with Crippen LogP contribution in [0, 0.1) is 12.8 Å². The third kappa shape index (κ3) is 2.49. The summed E-state index contributed by atoms with van der Waals surface area (Å²) in [6.07, 6.45) is 6.23. The van der Waals surface area contributed by atoms with Gasteiger partial charge in [0.2, 0.25) is 0 Å². The van der Waals surface area contributed by atoms with Crippen molar-refractivity contribution in [3.8, 4) is 0 Å². The van der Waals surface area contributed by atoms with E-state index < -0.39 is 0 Å². The van der Waals surface area contributed by atoms with Crippen LogP contribution < -0.4 is 5.32 Å². The number of nitrogens with one attached hydrogen (secondary N) is 1. The SMILES string of the molecule is Cc1nc2cnccc2n1CC1CCNCC1.Cl. The molecule has 1 N–H and O–H groups in total. The van der Waals surface area contributed by atoms with Crippen LogP contribution in [0.3, 0.4) is 0 Å². The van der Waals surface area contributed by atoms with Gasteiger partial charge in [0.15, 0.2) is 0 Å². The molecule has 0 saturated carbocycles. The van der Waals surface area contributed by atoms with Gasteiger partial charge in [0, 0.05) is 12.7 Å². The van der Waals surface area contributed by atoms with Crippen LogP contribution in [0.4, 0.5) is 0 Å². The van der Waals surface area contributed by atoms with Gasteiger partial charge in [0.25, 0.3) is 0 Å². The zero-order chi connectivity index (χ0) is 11.7. The molecule has 0 spiro atoms. The van der Waals surface area contributed by atoms with E-state index in [1.807, 2.05) is 12.4 Å². The minimum Gasteiger partial charge on any atom is -0.328 e. The highest BCUT2D eigenvalue weighted by Crippen LogP contribution is 2.20. The standard InChI is InChI=1S/C13H18N4.ClH/c1-10-16-12-8-15-7-4-13(12)17(10)9-11-2-5-14-6-3-11;/h4,7-8,11,14H,2-3,5-6,9H2,1H3;1H. The highest BCUT2D eigenvalue weighted by atomic mass is 35.5. The van der Waals surface area contributed by atoms with Gasteiger partial charge in [0.05, 0.1) is 11.7 Å². The first kappa shape index (κ1) is 13.3. The smallest absolute Gasteiger partial charge is 0.107 e. The van der Waals surface area contributed by atoms with Crippen molar-refractivity contribution in [2.75, 3.05) is 13.1 Å². The van der Waals surface area contributed by atoms with Crippen LogP contribution in [0.1, 0.15) is 18.7 Å². The number of nitrogens with zero attached hydrogens (tertiary/aromatic N) is 3. The number of aromatic nitrogens is 3. The summed E-state index contributed by atoms with van der Waals surface area (Å²) in [5.74, 6) is 1.88. The molecule has 0 radical (unpaired) electrons. The van der Waals surface area contributed by atoms with Gasteiger partial charge < -0.3 is 9.88 Å². The molecule has 0 atom stereocenters. The van der Waals surface area contributed by atoms with E-state index in [1.165, 1.54) is 18.4 Å². The van der Waals surface area contributed by atoms with Crippen LogP contribution in [0.5, 0.6) is 0 Å². The third-order valence-corrected chi connectivity index (χ3v) is 3.64. The molecule has 18 heavy (non-hydrogen) atoms. The van der Waals surface area contributed by atoms with Crippen LogP contribution in [-0.4, -0.2) is 27.6 Å². The number of pyridine rings is 1. The number of aryl methyl sites for hydroxylation is 1. The number of rotatable bonds is 2. The fraction of sp³-hybridized carbons (Fsp3) is 0.538. The summed E-state index contributed by atoms with van der Waals surface area (Å²) < 4.78 is 2.34. The quantitative estimate of drug-likeness (QED) is 0.906. The van der Waals surface area contributed by atoms with E-state index in [9.17, 15) is 0 Å². The van der Waals surface area contributed by atoms with Gasteiger partial charge in [-0.1, -0.05) is 0 Å². The van der Waals surface area contributed by atoms with Gasteiger partial charge in [-0.3, -0.25) is 4.98 Å². The molecule has 4 nitrogen and oxygen atoms in total. The normalized spacial score (nSPS) is 16.7. The van der Waals surface area contributed by atoms with Crippen LogP contribution in [0.2, 0.25) is 0 Å². The number of hydrogen-bond donors (Lipinski definition) is 1. The molecule has 5 heteroatoms. The highest BCUT2D eigenvalue weighted by molar-refractivity contribution is 5.85. The molecule has 0 bridgehead atoms. The summed E-state index contributed by atoms with van der Waals surface area (Å²) in [6, 6.07) is 2.07. The summed E-state index contributed by atoms with van der Waals surface area (Å²) in [5, 5.41) is 3.41. The van der Waals surface area contributed by atoms with Crippen LogP contribution >= 0.6 is 12.4 Å². The van der Waals surface area contributed by atoms with Crippen LogP contribution in [0.25, 0.3) is 11.0 Å². The lowest BCUT2D eigenvalue weighted by atomic mass is 9.98. The zero-order valence-electron chi connectivity index (χ0n) is 10.6. The molecule has 1 aliphatic rings. The van der Waals surface area contributed by atoms with Gasteiger partial charge in [-0.05, 0) is 44.8 Å². The van der Waals surface area contributed by atoms with Gasteiger partial charge in [-0.15, -0.1) is 12.4 Å². The second-order valence-corrected chi connectivity index (χ2v) is 4.83. The Morgan fingerprint density at radius 3 is 2.94 bits per heavy atom. The zero-order valence-corrected chi connectivity index (χ0v) is 11.4. The molecule has 2 aromatic heterocycles. The maximum Gasteiger partial charge on any atom is 0.107 e. The van der Waals surface area contributed by atoms with E-state index in [-0.39, 0.29) is 12.4 Å². The van der Waals surface area contributed by atoms with Crippen molar-refractivity contribution in [3.63, 3.8) is 0 Å². The summed E-state index contributed by atoms with van der Waals surface area (Å²) in [6.45, 7) is 5.48. The minimum absolute atomic E-state index is 0. The number of imidazole rings is 1. The van der Waals surface area contributed by atoms with Crippen molar-refractivity contribution in [1.29, 1.82) is 0 Å². The Hall–Kier alpha value is -1.13. The van der Waals surface area contributed by atoms with Gasteiger partial charge >= 0.3 is 0 Å². The average molecular weight is 267 g/mol. The number of fused-ring (bicyclic) bond motifs is 1. The number of hydrogen-bond acceptors (Lipinski definition) is 3. The van der Waals surface area contributed by atoms with Crippen molar-refractivity contribution < 1.29 is 0 Å². The Morgan fingerprint density at radius 2 is 2.17 bits per heavy atom. The Bertz CT molecular complexity index is 517. The van der Waals surface area contributed by atoms with E-state index in [0.29, 0.717) is 0 Å². The van der Waals surface area contributed by atoms with Crippen molar-refractivity contribution in [2.24, 2.45) is 5.92 Å². The molecule has 2 aromatic rings. The van der Waals surface area contributed by atoms with E-state index in [2.05, 4.69) is 32.8 Å². The largest absolute Gasteiger partial charge is 0.328 e. The summed E-state index contributed by atoms with van der Waals surface area (Å²) in [4.78, 5) is 8.69. The fourth-order valence-corrected chi connectivity index (χ4v) is 2.66. The molecule has 0 unspecified atom stereocenters. The van der Waals surface area contributed by atoms with E-state index in [0.717, 1.165) is 36.9 Å². The predicted octanol–water partition coefficient (Wildman–Crippen LogP) is 2.16. The summed E-state index contributed by atoms with van der Waals surface area (Å²) in [5.41, 5.74) is 2.23. The Morgan fingerprint density at radius 1 is 1.39 bits per heavy atom. The van der Waals surface area contributed by atoms with Gasteiger partial charge in [0.1, 0.15) is 11.3 Å². The lowest BCUT2D eigenvalue weighted by Gasteiger charge is -2.23. The van der Waals surface area contributed by atoms with Crippen molar-refractivity contribution >= 4 is 23.4 Å². The first-order chi connectivity index (χ1) is 8.34. The summed E-state index contributed by atoms with van der Waals surface area (Å²) in [7, 11) is 0. The topological polar surface area (TPSA) is 42.7 Å². The Balaban J connectivity index is 0.00000120. The van der Waals surface area contributed by atoms with Crippen molar-refractivity contribution in [1.82, 2.24) is 19.9 Å². The number of halogens is 1. The third-order valence-electron chi connectivity index (χ3n) is 3.64. The average Bonchev–Trinajstić information content (AvgIpc) is 2.68. The molecule has 1 fully saturated rings. The first-order valence-corrected chi connectivity index (χ1v) is 6.32. The monoisotopic (exact) mass is 266 g/mol. The maximum absolute atomic E-state index is 4.56. The summed E-state index contributed by atoms with van der Waals surface area (Å²) >= 11 is 0. The molecule has 0 aliphatic carbocycles. The Labute approximate surface area is 113 Å². The molecule has 0 amide bonds. The maximum atomic E-state index is 4.56. The molecule has 1 aliphatic heterocycles. The lowest BCUT2D eigenvalue weighted by molar-refractivity contribution is 0.334. The second kappa shape index (κ2) is 5.67. The highest BCUT2D eigenvalue weighted by Gasteiger charge is 2.16. The van der Waals surface area contributed by atoms with Crippen molar-refractivity contribution in [3.05, 3.63) is 24.3 Å². The molecular formula is C13H19ClN4. The van der Waals surface area contributed by atoms with Crippen molar-refractivity contribution in [2.45, 2.75) is 26.3 Å².